The van der Waals surface area contributed by atoms with Gasteiger partial charge < -0.3 is 14.8 Å². The highest BCUT2D eigenvalue weighted by Gasteiger charge is 2.16. The van der Waals surface area contributed by atoms with Gasteiger partial charge in [-0.25, -0.2) is 0 Å². The van der Waals surface area contributed by atoms with E-state index >= 15 is 0 Å². The topological polar surface area (TPSA) is 43.4 Å². The van der Waals surface area contributed by atoms with Gasteiger partial charge in [-0.3, -0.25) is 0 Å². The third-order valence-electron chi connectivity index (χ3n) is 2.72. The molecule has 4 nitrogen and oxygen atoms in total. The molecule has 4 heteroatoms. The van der Waals surface area contributed by atoms with E-state index in [2.05, 4.69) is 17.2 Å². The van der Waals surface area contributed by atoms with Gasteiger partial charge in [0.05, 0.1) is 6.10 Å². The third-order valence-corrected chi connectivity index (χ3v) is 2.72. The Balaban J connectivity index is 1.82. The number of rotatable bonds is 6. The van der Waals surface area contributed by atoms with Gasteiger partial charge in [0.1, 0.15) is 12.4 Å². The first-order chi connectivity index (χ1) is 8.38. The van der Waals surface area contributed by atoms with Crippen molar-refractivity contribution < 1.29 is 9.47 Å². The van der Waals surface area contributed by atoms with Crippen LogP contribution in [-0.2, 0) is 4.74 Å². The van der Waals surface area contributed by atoms with Crippen molar-refractivity contribution in [1.82, 2.24) is 4.98 Å². The molecular weight excluding hydrogens is 216 g/mol. The molecule has 17 heavy (non-hydrogen) atoms. The molecule has 0 spiro atoms. The van der Waals surface area contributed by atoms with Crippen molar-refractivity contribution >= 4 is 5.82 Å². The number of hydrogen-bond donors (Lipinski definition) is 1. The standard InChI is InChI=1S/C13H20N2O2/c1-2-8-14-12-6-3-7-13(15-12)17-10-11-5-4-9-16-11/h3,6-7,11H,2,4-5,8-10H2,1H3,(H,14,15). The second-order valence-electron chi connectivity index (χ2n) is 4.23. The van der Waals surface area contributed by atoms with Crippen molar-refractivity contribution in [2.24, 2.45) is 0 Å². The molecule has 94 valence electrons. The Bertz CT molecular complexity index is 338. The van der Waals surface area contributed by atoms with Crippen LogP contribution in [0.5, 0.6) is 5.88 Å². The maximum Gasteiger partial charge on any atom is 0.215 e. The van der Waals surface area contributed by atoms with Gasteiger partial charge in [-0.15, -0.1) is 0 Å². The van der Waals surface area contributed by atoms with Crippen molar-refractivity contribution in [3.05, 3.63) is 18.2 Å². The summed E-state index contributed by atoms with van der Waals surface area (Å²) in [6.07, 6.45) is 3.56. The fraction of sp³-hybridized carbons (Fsp3) is 0.615. The van der Waals surface area contributed by atoms with E-state index in [0.717, 1.165) is 38.2 Å². The number of anilines is 1. The minimum absolute atomic E-state index is 0.240. The van der Waals surface area contributed by atoms with Gasteiger partial charge in [0, 0.05) is 19.2 Å². The lowest BCUT2D eigenvalue weighted by Gasteiger charge is -2.11. The lowest BCUT2D eigenvalue weighted by Crippen LogP contribution is -2.16. The monoisotopic (exact) mass is 236 g/mol. The summed E-state index contributed by atoms with van der Waals surface area (Å²) < 4.78 is 11.1. The Morgan fingerprint density at radius 1 is 1.53 bits per heavy atom. The van der Waals surface area contributed by atoms with Crippen LogP contribution in [0.4, 0.5) is 5.82 Å². The molecule has 1 atom stereocenters. The zero-order chi connectivity index (χ0) is 11.9. The zero-order valence-electron chi connectivity index (χ0n) is 10.3. The largest absolute Gasteiger partial charge is 0.475 e. The predicted octanol–water partition coefficient (Wildman–Crippen LogP) is 2.46. The Hall–Kier alpha value is -1.29. The van der Waals surface area contributed by atoms with Gasteiger partial charge in [-0.1, -0.05) is 13.0 Å². The van der Waals surface area contributed by atoms with E-state index in [1.165, 1.54) is 0 Å². The van der Waals surface area contributed by atoms with Crippen molar-refractivity contribution in [3.8, 4) is 5.88 Å². The molecule has 0 amide bonds. The average molecular weight is 236 g/mol. The first-order valence-electron chi connectivity index (χ1n) is 6.34. The normalized spacial score (nSPS) is 19.2. The van der Waals surface area contributed by atoms with E-state index in [1.54, 1.807) is 0 Å². The Labute approximate surface area is 102 Å². The fourth-order valence-electron chi connectivity index (χ4n) is 1.80. The smallest absolute Gasteiger partial charge is 0.215 e. The van der Waals surface area contributed by atoms with Gasteiger partial charge in [0.15, 0.2) is 0 Å². The number of ether oxygens (including phenoxy) is 2. The summed E-state index contributed by atoms with van der Waals surface area (Å²) in [4.78, 5) is 4.38. The Kier molecular flexibility index (Phi) is 4.62. The summed E-state index contributed by atoms with van der Waals surface area (Å²) in [5, 5.41) is 3.24. The highest BCUT2D eigenvalue weighted by molar-refractivity contribution is 5.36. The van der Waals surface area contributed by atoms with Crippen LogP contribution in [0.3, 0.4) is 0 Å². The minimum Gasteiger partial charge on any atom is -0.475 e. The highest BCUT2D eigenvalue weighted by Crippen LogP contribution is 2.15. The minimum atomic E-state index is 0.240. The van der Waals surface area contributed by atoms with Crippen LogP contribution >= 0.6 is 0 Å². The van der Waals surface area contributed by atoms with E-state index in [-0.39, 0.29) is 6.10 Å². The van der Waals surface area contributed by atoms with Crippen LogP contribution in [0.25, 0.3) is 0 Å². The number of nitrogens with zero attached hydrogens (tertiary/aromatic N) is 1. The van der Waals surface area contributed by atoms with E-state index in [1.807, 2.05) is 18.2 Å². The van der Waals surface area contributed by atoms with E-state index in [9.17, 15) is 0 Å². The maximum atomic E-state index is 5.63. The fourth-order valence-corrected chi connectivity index (χ4v) is 1.80. The summed E-state index contributed by atoms with van der Waals surface area (Å²) in [6.45, 7) is 4.52. The molecule has 1 aliphatic rings. The maximum absolute atomic E-state index is 5.63. The van der Waals surface area contributed by atoms with Crippen LogP contribution in [0.15, 0.2) is 18.2 Å². The van der Waals surface area contributed by atoms with E-state index in [0.29, 0.717) is 12.5 Å². The molecule has 0 aromatic carbocycles. The van der Waals surface area contributed by atoms with Gasteiger partial charge in [0.25, 0.3) is 0 Å². The number of pyridine rings is 1. The Morgan fingerprint density at radius 2 is 2.47 bits per heavy atom. The van der Waals surface area contributed by atoms with Crippen LogP contribution in [0, 0.1) is 0 Å². The lowest BCUT2D eigenvalue weighted by atomic mass is 10.2. The van der Waals surface area contributed by atoms with Crippen LogP contribution in [0.2, 0.25) is 0 Å². The summed E-state index contributed by atoms with van der Waals surface area (Å²) in [5.74, 6) is 1.54. The molecule has 1 aromatic heterocycles. The number of aromatic nitrogens is 1. The molecule has 1 fully saturated rings. The zero-order valence-corrected chi connectivity index (χ0v) is 10.3. The van der Waals surface area contributed by atoms with Crippen LogP contribution in [-0.4, -0.2) is 30.8 Å². The van der Waals surface area contributed by atoms with Gasteiger partial charge in [0.2, 0.25) is 5.88 Å². The Morgan fingerprint density at radius 3 is 3.24 bits per heavy atom. The second-order valence-corrected chi connectivity index (χ2v) is 4.23. The van der Waals surface area contributed by atoms with Gasteiger partial charge in [-0.05, 0) is 25.3 Å². The predicted molar refractivity (Wildman–Crippen MR) is 67.5 cm³/mol. The molecule has 0 radical (unpaired) electrons. The molecular formula is C13H20N2O2. The molecule has 1 unspecified atom stereocenters. The van der Waals surface area contributed by atoms with Crippen molar-refractivity contribution in [2.75, 3.05) is 25.1 Å². The quantitative estimate of drug-likeness (QED) is 0.824. The molecule has 0 bridgehead atoms. The van der Waals surface area contributed by atoms with Crippen LogP contribution in [0.1, 0.15) is 26.2 Å². The summed E-state index contributed by atoms with van der Waals surface area (Å²) in [6, 6.07) is 5.79. The van der Waals surface area contributed by atoms with Gasteiger partial charge >= 0.3 is 0 Å². The van der Waals surface area contributed by atoms with E-state index < -0.39 is 0 Å². The summed E-state index contributed by atoms with van der Waals surface area (Å²) in [5.41, 5.74) is 0. The molecule has 1 saturated heterocycles. The highest BCUT2D eigenvalue weighted by atomic mass is 16.5. The first-order valence-corrected chi connectivity index (χ1v) is 6.34. The van der Waals surface area contributed by atoms with Crippen molar-refractivity contribution in [1.29, 1.82) is 0 Å². The number of nitrogens with one attached hydrogen (secondary N) is 1. The molecule has 0 aliphatic carbocycles. The van der Waals surface area contributed by atoms with Gasteiger partial charge in [-0.2, -0.15) is 4.98 Å². The summed E-state index contributed by atoms with van der Waals surface area (Å²) >= 11 is 0. The molecule has 2 rings (SSSR count). The SMILES string of the molecule is CCCNc1cccc(OCC2CCCO2)n1. The molecule has 0 saturated carbocycles. The van der Waals surface area contributed by atoms with Crippen LogP contribution < -0.4 is 10.1 Å². The molecule has 1 aromatic rings. The second kappa shape index (κ2) is 6.45. The lowest BCUT2D eigenvalue weighted by molar-refractivity contribution is 0.0664. The van der Waals surface area contributed by atoms with E-state index in [4.69, 9.17) is 9.47 Å². The molecule has 1 aliphatic heterocycles. The first kappa shape index (κ1) is 12.2. The molecule has 1 N–H and O–H groups in total. The third kappa shape index (κ3) is 3.89. The number of hydrogen-bond acceptors (Lipinski definition) is 4. The average Bonchev–Trinajstić information content (AvgIpc) is 2.87. The van der Waals surface area contributed by atoms with Crippen molar-refractivity contribution in [3.63, 3.8) is 0 Å². The van der Waals surface area contributed by atoms with Crippen molar-refractivity contribution in [2.45, 2.75) is 32.3 Å². The molecule has 2 heterocycles. The summed E-state index contributed by atoms with van der Waals surface area (Å²) in [7, 11) is 0.